The molecule has 0 radical (unpaired) electrons. The molecule has 0 aliphatic carbocycles. The van der Waals surface area contributed by atoms with Gasteiger partial charge in [0.15, 0.2) is 0 Å². The molecular weight excluding hydrogens is 361 g/mol. The third kappa shape index (κ3) is 3.64. The van der Waals surface area contributed by atoms with Gasteiger partial charge in [-0.05, 0) is 42.3 Å². The van der Waals surface area contributed by atoms with Gasteiger partial charge in [-0.3, -0.25) is 9.59 Å². The normalized spacial score (nSPS) is 15.6. The fourth-order valence-corrected chi connectivity index (χ4v) is 3.31. The highest BCUT2D eigenvalue weighted by atomic mass is 19.1. The van der Waals surface area contributed by atoms with Crippen molar-refractivity contribution in [1.29, 1.82) is 0 Å². The first-order chi connectivity index (χ1) is 13.5. The lowest BCUT2D eigenvalue weighted by Crippen LogP contribution is -2.31. The number of nitrogens with one attached hydrogen (secondary N) is 2. The number of hydrogen-bond acceptors (Lipinski definition) is 4. The number of halogens is 1. The molecule has 142 valence electrons. The molecule has 7 heteroatoms. The first kappa shape index (κ1) is 17.9. The molecule has 1 aliphatic heterocycles. The molecule has 3 aromatic rings. The summed E-state index contributed by atoms with van der Waals surface area (Å²) in [7, 11) is 0. The average Bonchev–Trinajstić information content (AvgIpc) is 2.67. The van der Waals surface area contributed by atoms with Gasteiger partial charge in [0.1, 0.15) is 29.8 Å². The second-order valence-corrected chi connectivity index (χ2v) is 6.70. The Balaban J connectivity index is 1.55. The summed E-state index contributed by atoms with van der Waals surface area (Å²) in [5.41, 5.74) is 1.91. The van der Waals surface area contributed by atoms with Gasteiger partial charge >= 0.3 is 0 Å². The van der Waals surface area contributed by atoms with E-state index >= 15 is 0 Å². The number of benzene rings is 2. The first-order valence-electron chi connectivity index (χ1n) is 8.87. The van der Waals surface area contributed by atoms with Gasteiger partial charge in [0.2, 0.25) is 5.91 Å². The molecule has 2 heterocycles. The van der Waals surface area contributed by atoms with Gasteiger partial charge in [0, 0.05) is 12.3 Å². The molecule has 2 N–H and O–H groups in total. The summed E-state index contributed by atoms with van der Waals surface area (Å²) in [6, 6.07) is 13.4. The van der Waals surface area contributed by atoms with Crippen molar-refractivity contribution in [2.45, 2.75) is 25.9 Å². The molecule has 28 heavy (non-hydrogen) atoms. The Kier molecular flexibility index (Phi) is 4.65. The summed E-state index contributed by atoms with van der Waals surface area (Å²) in [6.07, 6.45) is 0.177. The third-order valence-electron chi connectivity index (χ3n) is 4.67. The minimum absolute atomic E-state index is 0.174. The molecule has 1 aromatic heterocycles. The lowest BCUT2D eigenvalue weighted by Gasteiger charge is -2.24. The number of aromatic amines is 1. The van der Waals surface area contributed by atoms with Crippen LogP contribution in [0.3, 0.4) is 0 Å². The third-order valence-corrected chi connectivity index (χ3v) is 4.67. The second kappa shape index (κ2) is 7.26. The number of amides is 1. The summed E-state index contributed by atoms with van der Waals surface area (Å²) >= 11 is 0. The summed E-state index contributed by atoms with van der Waals surface area (Å²) in [5.74, 6) is 0.584. The Morgan fingerprint density at radius 1 is 1.11 bits per heavy atom. The van der Waals surface area contributed by atoms with Gasteiger partial charge in [-0.25, -0.2) is 9.37 Å². The molecule has 1 atom stereocenters. The highest BCUT2D eigenvalue weighted by Crippen LogP contribution is 2.34. The van der Waals surface area contributed by atoms with Crippen LogP contribution in [0.25, 0.3) is 0 Å². The number of nitrogens with zero attached hydrogens (tertiary/aromatic N) is 1. The lowest BCUT2D eigenvalue weighted by atomic mass is 9.87. The molecule has 0 bridgehead atoms. The van der Waals surface area contributed by atoms with E-state index in [-0.39, 0.29) is 29.6 Å². The van der Waals surface area contributed by atoms with Crippen molar-refractivity contribution < 1.29 is 13.9 Å². The highest BCUT2D eigenvalue weighted by Gasteiger charge is 2.30. The zero-order chi connectivity index (χ0) is 19.7. The Morgan fingerprint density at radius 3 is 2.54 bits per heavy atom. The van der Waals surface area contributed by atoms with Crippen LogP contribution in [0, 0.1) is 12.7 Å². The highest BCUT2D eigenvalue weighted by molar-refractivity contribution is 5.94. The van der Waals surface area contributed by atoms with Crippen LogP contribution in [-0.2, 0) is 11.4 Å². The van der Waals surface area contributed by atoms with Crippen LogP contribution in [-0.4, -0.2) is 15.9 Å². The maximum absolute atomic E-state index is 13.0. The Labute approximate surface area is 160 Å². The summed E-state index contributed by atoms with van der Waals surface area (Å²) in [6.45, 7) is 1.99. The van der Waals surface area contributed by atoms with E-state index in [0.29, 0.717) is 29.6 Å². The number of aromatic nitrogens is 2. The van der Waals surface area contributed by atoms with E-state index in [4.69, 9.17) is 4.74 Å². The van der Waals surface area contributed by atoms with Crippen LogP contribution in [0.1, 0.15) is 34.9 Å². The number of carbonyl (C=O) groups is 1. The van der Waals surface area contributed by atoms with Crippen molar-refractivity contribution in [2.24, 2.45) is 0 Å². The minimum atomic E-state index is -0.369. The van der Waals surface area contributed by atoms with Crippen LogP contribution in [0.2, 0.25) is 0 Å². The van der Waals surface area contributed by atoms with Crippen LogP contribution in [0.15, 0.2) is 53.3 Å². The van der Waals surface area contributed by atoms with Crippen LogP contribution in [0.4, 0.5) is 10.2 Å². The van der Waals surface area contributed by atoms with Crippen LogP contribution < -0.4 is 15.6 Å². The van der Waals surface area contributed by atoms with Crippen molar-refractivity contribution in [2.75, 3.05) is 5.32 Å². The smallest absolute Gasteiger partial charge is 0.256 e. The molecule has 1 aliphatic rings. The van der Waals surface area contributed by atoms with Gasteiger partial charge in [-0.2, -0.15) is 0 Å². The molecular formula is C21H18FN3O3. The Hall–Kier alpha value is -3.48. The first-order valence-corrected chi connectivity index (χ1v) is 8.87. The molecule has 6 nitrogen and oxygen atoms in total. The maximum atomic E-state index is 13.0. The van der Waals surface area contributed by atoms with Crippen molar-refractivity contribution in [3.05, 3.63) is 87.2 Å². The summed E-state index contributed by atoms with van der Waals surface area (Å²) < 4.78 is 18.7. The van der Waals surface area contributed by atoms with Crippen molar-refractivity contribution in [1.82, 2.24) is 9.97 Å². The van der Waals surface area contributed by atoms with E-state index in [1.807, 2.05) is 12.1 Å². The molecule has 0 spiro atoms. The van der Waals surface area contributed by atoms with E-state index in [2.05, 4.69) is 15.3 Å². The number of ether oxygens (including phenoxy) is 1. The maximum Gasteiger partial charge on any atom is 0.256 e. The average molecular weight is 379 g/mol. The molecule has 1 amide bonds. The SMILES string of the molecule is Cc1nc2c(c(=O)[nH]1)[C@H](c1ccc(OCc3ccc(F)cc3)cc1)CC(=O)N2. The van der Waals surface area contributed by atoms with Gasteiger partial charge in [0.25, 0.3) is 5.56 Å². The van der Waals surface area contributed by atoms with E-state index in [1.54, 1.807) is 31.2 Å². The molecule has 0 fully saturated rings. The Bertz CT molecular complexity index is 1080. The van der Waals surface area contributed by atoms with Gasteiger partial charge < -0.3 is 15.0 Å². The monoisotopic (exact) mass is 379 g/mol. The fourth-order valence-electron chi connectivity index (χ4n) is 3.31. The second-order valence-electron chi connectivity index (χ2n) is 6.70. The number of aryl methyl sites for hydroxylation is 1. The van der Waals surface area contributed by atoms with Crippen molar-refractivity contribution >= 4 is 11.7 Å². The number of carbonyl (C=O) groups excluding carboxylic acids is 1. The number of fused-ring (bicyclic) bond motifs is 1. The van der Waals surface area contributed by atoms with Gasteiger partial charge in [-0.15, -0.1) is 0 Å². The van der Waals surface area contributed by atoms with E-state index in [1.165, 1.54) is 12.1 Å². The quantitative estimate of drug-likeness (QED) is 0.729. The topological polar surface area (TPSA) is 84.1 Å². The fraction of sp³-hybridized carbons (Fsp3) is 0.190. The predicted octanol–water partition coefficient (Wildman–Crippen LogP) is 3.27. The standard InChI is InChI=1S/C21H18FN3O3/c1-12-23-20-19(21(27)24-12)17(10-18(26)25-20)14-4-8-16(9-5-14)28-11-13-2-6-15(22)7-3-13/h2-9,17H,10-11H2,1H3,(H2,23,24,25,26,27)/t17-/m0/s1. The zero-order valence-electron chi connectivity index (χ0n) is 15.2. The number of anilines is 1. The molecule has 0 saturated heterocycles. The lowest BCUT2D eigenvalue weighted by molar-refractivity contribution is -0.116. The molecule has 0 saturated carbocycles. The molecule has 0 unspecified atom stereocenters. The minimum Gasteiger partial charge on any atom is -0.489 e. The number of H-pyrrole nitrogens is 1. The number of rotatable bonds is 4. The zero-order valence-corrected chi connectivity index (χ0v) is 15.2. The van der Waals surface area contributed by atoms with Crippen LogP contribution >= 0.6 is 0 Å². The predicted molar refractivity (Wildman–Crippen MR) is 102 cm³/mol. The van der Waals surface area contributed by atoms with Crippen molar-refractivity contribution in [3.63, 3.8) is 0 Å². The van der Waals surface area contributed by atoms with Crippen molar-refractivity contribution in [3.8, 4) is 5.75 Å². The van der Waals surface area contributed by atoms with Gasteiger partial charge in [0.05, 0.1) is 5.56 Å². The summed E-state index contributed by atoms with van der Waals surface area (Å²) in [4.78, 5) is 31.4. The molecule has 4 rings (SSSR count). The number of hydrogen-bond donors (Lipinski definition) is 2. The largest absolute Gasteiger partial charge is 0.489 e. The molecule has 2 aromatic carbocycles. The van der Waals surface area contributed by atoms with E-state index in [9.17, 15) is 14.0 Å². The van der Waals surface area contributed by atoms with E-state index < -0.39 is 0 Å². The Morgan fingerprint density at radius 2 is 1.82 bits per heavy atom. The van der Waals surface area contributed by atoms with Gasteiger partial charge in [-0.1, -0.05) is 24.3 Å². The van der Waals surface area contributed by atoms with E-state index in [0.717, 1.165) is 11.1 Å². The van der Waals surface area contributed by atoms with Crippen LogP contribution in [0.5, 0.6) is 5.75 Å². The summed E-state index contributed by atoms with van der Waals surface area (Å²) in [5, 5.41) is 2.67.